The number of rotatable bonds is 3. The summed E-state index contributed by atoms with van der Waals surface area (Å²) in [7, 11) is 0. The fourth-order valence-electron chi connectivity index (χ4n) is 3.27. The maximum atomic E-state index is 9.31. The normalized spacial score (nSPS) is 20.8. The topological polar surface area (TPSA) is 20.2 Å². The smallest absolute Gasteiger partial charge is 0.0437 e. The Labute approximate surface area is 111 Å². The van der Waals surface area contributed by atoms with Crippen LogP contribution in [0, 0.1) is 5.41 Å². The van der Waals surface area contributed by atoms with Crippen molar-refractivity contribution < 1.29 is 5.11 Å². The molecule has 2 rings (SSSR count). The van der Waals surface area contributed by atoms with Crippen LogP contribution in [0.4, 0.5) is 0 Å². The third kappa shape index (κ3) is 2.61. The summed E-state index contributed by atoms with van der Waals surface area (Å²) in [4.78, 5) is 0. The third-order valence-electron chi connectivity index (χ3n) is 4.41. The molecule has 1 heteroatoms. The van der Waals surface area contributed by atoms with Gasteiger partial charge in [0, 0.05) is 6.61 Å². The summed E-state index contributed by atoms with van der Waals surface area (Å²) in [5, 5.41) is 9.31. The molecule has 0 saturated heterocycles. The van der Waals surface area contributed by atoms with Gasteiger partial charge < -0.3 is 5.11 Å². The lowest BCUT2D eigenvalue weighted by Crippen LogP contribution is -2.20. The number of benzene rings is 1. The summed E-state index contributed by atoms with van der Waals surface area (Å²) in [6, 6.07) is 6.99. The van der Waals surface area contributed by atoms with Crippen LogP contribution in [0.25, 0.3) is 0 Å². The minimum atomic E-state index is 0.207. The lowest BCUT2D eigenvalue weighted by Gasteiger charge is -2.31. The second-order valence-electron chi connectivity index (χ2n) is 6.83. The highest BCUT2D eigenvalue weighted by Crippen LogP contribution is 2.41. The van der Waals surface area contributed by atoms with Gasteiger partial charge in [0.2, 0.25) is 0 Å². The van der Waals surface area contributed by atoms with Crippen molar-refractivity contribution in [3.8, 4) is 0 Å². The van der Waals surface area contributed by atoms with Crippen LogP contribution >= 0.6 is 0 Å². The number of aliphatic hydroxyl groups is 1. The van der Waals surface area contributed by atoms with Crippen molar-refractivity contribution in [2.75, 3.05) is 6.61 Å². The lowest BCUT2D eigenvalue weighted by molar-refractivity contribution is 0.223. The highest BCUT2D eigenvalue weighted by Gasteiger charge is 2.27. The van der Waals surface area contributed by atoms with Gasteiger partial charge in [-0.15, -0.1) is 0 Å². The molecule has 0 radical (unpaired) electrons. The summed E-state index contributed by atoms with van der Waals surface area (Å²) < 4.78 is 0. The van der Waals surface area contributed by atoms with Gasteiger partial charge in [-0.2, -0.15) is 0 Å². The van der Waals surface area contributed by atoms with Crippen molar-refractivity contribution in [2.45, 2.75) is 58.8 Å². The molecule has 18 heavy (non-hydrogen) atoms. The van der Waals surface area contributed by atoms with Crippen LogP contribution < -0.4 is 0 Å². The summed E-state index contributed by atoms with van der Waals surface area (Å²) in [6.45, 7) is 9.40. The molecule has 1 N–H and O–H groups in total. The molecular formula is C17H26O. The zero-order chi connectivity index (χ0) is 13.3. The van der Waals surface area contributed by atoms with E-state index < -0.39 is 0 Å². The maximum Gasteiger partial charge on any atom is 0.0437 e. The first-order valence-electron chi connectivity index (χ1n) is 7.17. The molecular weight excluding hydrogens is 220 g/mol. The van der Waals surface area contributed by atoms with Crippen molar-refractivity contribution in [1.29, 1.82) is 0 Å². The highest BCUT2D eigenvalue weighted by molar-refractivity contribution is 5.39. The van der Waals surface area contributed by atoms with E-state index in [0.29, 0.717) is 11.8 Å². The fraction of sp³-hybridized carbons (Fsp3) is 0.647. The summed E-state index contributed by atoms with van der Waals surface area (Å²) in [5.74, 6) is 1.15. The predicted octanol–water partition coefficient (Wildman–Crippen LogP) is 4.25. The van der Waals surface area contributed by atoms with E-state index in [-0.39, 0.29) is 12.0 Å². The molecule has 0 fully saturated rings. The van der Waals surface area contributed by atoms with E-state index in [1.807, 2.05) is 0 Å². The van der Waals surface area contributed by atoms with Crippen LogP contribution in [0.15, 0.2) is 18.2 Å². The molecule has 1 nitrogen and oxygen atoms in total. The summed E-state index contributed by atoms with van der Waals surface area (Å²) in [5.41, 5.74) is 4.69. The standard InChI is InChI=1S/C17H26O/c1-12-5-6-13-7-8-14(11-15(12)13)16(9-10-18)17(2,3)4/h7-8,11-12,16,18H,5-6,9-10H2,1-4H3. The Hall–Kier alpha value is -0.820. The second kappa shape index (κ2) is 5.05. The lowest BCUT2D eigenvalue weighted by atomic mass is 9.74. The van der Waals surface area contributed by atoms with E-state index in [2.05, 4.69) is 45.9 Å². The van der Waals surface area contributed by atoms with Crippen molar-refractivity contribution in [3.05, 3.63) is 34.9 Å². The van der Waals surface area contributed by atoms with Crippen LogP contribution in [-0.2, 0) is 6.42 Å². The average molecular weight is 246 g/mol. The van der Waals surface area contributed by atoms with E-state index >= 15 is 0 Å². The Bertz CT molecular complexity index is 414. The molecule has 2 atom stereocenters. The van der Waals surface area contributed by atoms with Gasteiger partial charge in [0.1, 0.15) is 0 Å². The minimum absolute atomic E-state index is 0.207. The second-order valence-corrected chi connectivity index (χ2v) is 6.83. The first-order valence-corrected chi connectivity index (χ1v) is 7.17. The van der Waals surface area contributed by atoms with Gasteiger partial charge in [0.25, 0.3) is 0 Å². The van der Waals surface area contributed by atoms with Crippen molar-refractivity contribution in [2.24, 2.45) is 5.41 Å². The Morgan fingerprint density at radius 3 is 2.67 bits per heavy atom. The Kier molecular flexibility index (Phi) is 3.82. The van der Waals surface area contributed by atoms with Crippen molar-refractivity contribution in [3.63, 3.8) is 0 Å². The van der Waals surface area contributed by atoms with Crippen LogP contribution in [0.5, 0.6) is 0 Å². The average Bonchev–Trinajstić information content (AvgIpc) is 2.66. The van der Waals surface area contributed by atoms with Gasteiger partial charge in [-0.05, 0) is 53.2 Å². The van der Waals surface area contributed by atoms with Gasteiger partial charge in [-0.3, -0.25) is 0 Å². The molecule has 2 unspecified atom stereocenters. The molecule has 0 spiro atoms. The van der Waals surface area contributed by atoms with E-state index in [1.54, 1.807) is 5.56 Å². The van der Waals surface area contributed by atoms with E-state index in [4.69, 9.17) is 0 Å². The summed E-state index contributed by atoms with van der Waals surface area (Å²) in [6.07, 6.45) is 3.38. The molecule has 1 aliphatic rings. The largest absolute Gasteiger partial charge is 0.396 e. The van der Waals surface area contributed by atoms with Gasteiger partial charge in [0.05, 0.1) is 0 Å². The van der Waals surface area contributed by atoms with E-state index in [1.165, 1.54) is 24.0 Å². The number of aliphatic hydroxyl groups excluding tert-OH is 1. The SMILES string of the molecule is CC1CCc2ccc(C(CCO)C(C)(C)C)cc21. The highest BCUT2D eigenvalue weighted by atomic mass is 16.3. The van der Waals surface area contributed by atoms with Gasteiger partial charge in [0.15, 0.2) is 0 Å². The Morgan fingerprint density at radius 1 is 1.33 bits per heavy atom. The molecule has 1 aromatic rings. The zero-order valence-corrected chi connectivity index (χ0v) is 12.2. The quantitative estimate of drug-likeness (QED) is 0.845. The molecule has 0 amide bonds. The van der Waals surface area contributed by atoms with Gasteiger partial charge in [-0.25, -0.2) is 0 Å². The molecule has 1 aliphatic carbocycles. The Morgan fingerprint density at radius 2 is 2.06 bits per heavy atom. The number of hydrogen-bond acceptors (Lipinski definition) is 1. The third-order valence-corrected chi connectivity index (χ3v) is 4.41. The molecule has 0 aromatic heterocycles. The van der Waals surface area contributed by atoms with Crippen LogP contribution in [0.2, 0.25) is 0 Å². The van der Waals surface area contributed by atoms with E-state index in [0.717, 1.165) is 6.42 Å². The van der Waals surface area contributed by atoms with Crippen LogP contribution in [0.3, 0.4) is 0 Å². The monoisotopic (exact) mass is 246 g/mol. The van der Waals surface area contributed by atoms with Crippen LogP contribution in [0.1, 0.15) is 69.1 Å². The molecule has 0 bridgehead atoms. The maximum absolute atomic E-state index is 9.31. The fourth-order valence-corrected chi connectivity index (χ4v) is 3.27. The summed E-state index contributed by atoms with van der Waals surface area (Å²) >= 11 is 0. The first kappa shape index (κ1) is 13.6. The number of aryl methyl sites for hydroxylation is 1. The van der Waals surface area contributed by atoms with Gasteiger partial charge in [-0.1, -0.05) is 45.9 Å². The first-order chi connectivity index (χ1) is 8.43. The molecule has 100 valence electrons. The molecule has 0 saturated carbocycles. The van der Waals surface area contributed by atoms with Crippen LogP contribution in [-0.4, -0.2) is 11.7 Å². The van der Waals surface area contributed by atoms with Crippen molar-refractivity contribution >= 4 is 0 Å². The zero-order valence-electron chi connectivity index (χ0n) is 12.2. The molecule has 1 aromatic carbocycles. The molecule has 0 aliphatic heterocycles. The van der Waals surface area contributed by atoms with E-state index in [9.17, 15) is 5.11 Å². The molecule has 0 heterocycles. The number of fused-ring (bicyclic) bond motifs is 1. The number of hydrogen-bond donors (Lipinski definition) is 1. The van der Waals surface area contributed by atoms with Crippen molar-refractivity contribution in [1.82, 2.24) is 0 Å². The predicted molar refractivity (Wildman–Crippen MR) is 77.1 cm³/mol. The van der Waals surface area contributed by atoms with Gasteiger partial charge >= 0.3 is 0 Å². The Balaban J connectivity index is 2.35. The minimum Gasteiger partial charge on any atom is -0.396 e.